The van der Waals surface area contributed by atoms with Crippen LogP contribution in [0.25, 0.3) is 0 Å². The molecule has 0 unspecified atom stereocenters. The van der Waals surface area contributed by atoms with Crippen LogP contribution in [-0.2, 0) is 0 Å². The first-order valence-electron chi connectivity index (χ1n) is 7.14. The summed E-state index contributed by atoms with van der Waals surface area (Å²) in [5, 5.41) is -0.0504. The molecule has 4 nitrogen and oxygen atoms in total. The first kappa shape index (κ1) is 15.6. The van der Waals surface area contributed by atoms with Gasteiger partial charge in [-0.2, -0.15) is 0 Å². The Bertz CT molecular complexity index is 733. The average molecular weight is 337 g/mol. The van der Waals surface area contributed by atoms with Crippen molar-refractivity contribution in [3.8, 4) is 17.2 Å². The molecule has 0 radical (unpaired) electrons. The minimum absolute atomic E-state index is 0.0504. The van der Waals surface area contributed by atoms with Crippen LogP contribution in [0.4, 0.5) is 4.39 Å². The van der Waals surface area contributed by atoms with Gasteiger partial charge >= 0.3 is 0 Å². The van der Waals surface area contributed by atoms with Gasteiger partial charge in [-0.25, -0.2) is 4.39 Å². The van der Waals surface area contributed by atoms with E-state index < -0.39 is 5.82 Å². The summed E-state index contributed by atoms with van der Waals surface area (Å²) in [6.07, 6.45) is 0.798. The van der Waals surface area contributed by atoms with Crippen LogP contribution in [0.2, 0.25) is 5.02 Å². The van der Waals surface area contributed by atoms with Crippen molar-refractivity contribution in [1.82, 2.24) is 0 Å². The van der Waals surface area contributed by atoms with Crippen molar-refractivity contribution >= 4 is 17.4 Å². The number of hydrogen-bond acceptors (Lipinski definition) is 4. The fourth-order valence-electron chi connectivity index (χ4n) is 2.14. The van der Waals surface area contributed by atoms with E-state index in [0.717, 1.165) is 6.42 Å². The lowest BCUT2D eigenvalue weighted by Crippen LogP contribution is -2.12. The highest BCUT2D eigenvalue weighted by atomic mass is 35.5. The van der Waals surface area contributed by atoms with Gasteiger partial charge in [0.25, 0.3) is 0 Å². The third kappa shape index (κ3) is 3.74. The zero-order valence-corrected chi connectivity index (χ0v) is 12.9. The molecule has 2 aromatic carbocycles. The van der Waals surface area contributed by atoms with Crippen LogP contribution in [0.3, 0.4) is 0 Å². The molecule has 0 fully saturated rings. The molecule has 3 rings (SSSR count). The Morgan fingerprint density at radius 3 is 2.70 bits per heavy atom. The zero-order valence-electron chi connectivity index (χ0n) is 12.2. The van der Waals surface area contributed by atoms with E-state index in [0.29, 0.717) is 36.0 Å². The van der Waals surface area contributed by atoms with Crippen molar-refractivity contribution in [1.29, 1.82) is 0 Å². The lowest BCUT2D eigenvalue weighted by Gasteiger charge is -2.10. The van der Waals surface area contributed by atoms with Crippen LogP contribution in [0.1, 0.15) is 16.8 Å². The molecule has 6 heteroatoms. The third-order valence-corrected chi connectivity index (χ3v) is 3.62. The predicted molar refractivity (Wildman–Crippen MR) is 83.3 cm³/mol. The molecule has 0 saturated heterocycles. The molecule has 0 N–H and O–H groups in total. The largest absolute Gasteiger partial charge is 0.490 e. The molecule has 1 heterocycles. The van der Waals surface area contributed by atoms with Crippen LogP contribution >= 0.6 is 11.6 Å². The summed E-state index contributed by atoms with van der Waals surface area (Å²) >= 11 is 5.67. The second-order valence-corrected chi connectivity index (χ2v) is 5.41. The minimum Gasteiger partial charge on any atom is -0.490 e. The normalized spacial score (nSPS) is 13.3. The number of carbonyl (C=O) groups is 1. The number of rotatable bonds is 4. The molecule has 0 aliphatic carbocycles. The summed E-state index contributed by atoms with van der Waals surface area (Å²) in [6, 6.07) is 8.96. The standard InChI is InChI=1S/C17H14ClFO4/c18-13-9-12(3-4-14(13)19)23-10-15(20)11-2-5-16-17(8-11)22-7-1-6-21-16/h2-5,8-9H,1,6-7,10H2. The van der Waals surface area contributed by atoms with Gasteiger partial charge in [0.2, 0.25) is 0 Å². The van der Waals surface area contributed by atoms with E-state index in [1.165, 1.54) is 18.2 Å². The molecule has 0 aromatic heterocycles. The SMILES string of the molecule is O=C(COc1ccc(F)c(Cl)c1)c1ccc2c(c1)OCCCO2. The van der Waals surface area contributed by atoms with E-state index in [1.54, 1.807) is 18.2 Å². The van der Waals surface area contributed by atoms with E-state index in [1.807, 2.05) is 0 Å². The second kappa shape index (κ2) is 6.87. The Labute approximate surface area is 137 Å². The highest BCUT2D eigenvalue weighted by molar-refractivity contribution is 6.30. The molecular formula is C17H14ClFO4. The van der Waals surface area contributed by atoms with E-state index >= 15 is 0 Å². The third-order valence-electron chi connectivity index (χ3n) is 3.33. The summed E-state index contributed by atoms with van der Waals surface area (Å²) in [4.78, 5) is 12.2. The predicted octanol–water partition coefficient (Wildman–Crippen LogP) is 3.90. The number of benzene rings is 2. The monoisotopic (exact) mass is 336 g/mol. The summed E-state index contributed by atoms with van der Waals surface area (Å²) in [6.45, 7) is 0.964. The summed E-state index contributed by atoms with van der Waals surface area (Å²) in [5.41, 5.74) is 0.461. The van der Waals surface area contributed by atoms with Crippen LogP contribution in [-0.4, -0.2) is 25.6 Å². The molecule has 1 aliphatic rings. The highest BCUT2D eigenvalue weighted by Gasteiger charge is 2.14. The van der Waals surface area contributed by atoms with E-state index in [9.17, 15) is 9.18 Å². The van der Waals surface area contributed by atoms with Gasteiger partial charge in [-0.15, -0.1) is 0 Å². The van der Waals surface area contributed by atoms with Gasteiger partial charge in [-0.05, 0) is 30.3 Å². The quantitative estimate of drug-likeness (QED) is 0.794. The molecule has 2 aromatic rings. The summed E-state index contributed by atoms with van der Waals surface area (Å²) < 4.78 is 29.5. The zero-order chi connectivity index (χ0) is 16.2. The number of fused-ring (bicyclic) bond motifs is 1. The van der Waals surface area contributed by atoms with E-state index in [2.05, 4.69) is 0 Å². The van der Waals surface area contributed by atoms with Gasteiger partial charge in [0, 0.05) is 18.1 Å². The summed E-state index contributed by atoms with van der Waals surface area (Å²) in [7, 11) is 0. The van der Waals surface area contributed by atoms with E-state index in [4.69, 9.17) is 25.8 Å². The maximum atomic E-state index is 13.1. The first-order valence-corrected chi connectivity index (χ1v) is 7.52. The Morgan fingerprint density at radius 1 is 1.13 bits per heavy atom. The smallest absolute Gasteiger partial charge is 0.200 e. The molecule has 0 atom stereocenters. The Hall–Kier alpha value is -2.27. The highest BCUT2D eigenvalue weighted by Crippen LogP contribution is 2.30. The molecule has 0 amide bonds. The Morgan fingerprint density at radius 2 is 1.91 bits per heavy atom. The van der Waals surface area contributed by atoms with Crippen molar-refractivity contribution in [3.63, 3.8) is 0 Å². The number of hydrogen-bond donors (Lipinski definition) is 0. The number of halogens is 2. The van der Waals surface area contributed by atoms with Crippen molar-refractivity contribution in [3.05, 3.63) is 52.8 Å². The van der Waals surface area contributed by atoms with Gasteiger partial charge in [0.15, 0.2) is 23.9 Å². The van der Waals surface area contributed by atoms with Gasteiger partial charge in [0.05, 0.1) is 18.2 Å². The van der Waals surface area contributed by atoms with Gasteiger partial charge < -0.3 is 14.2 Å². The van der Waals surface area contributed by atoms with Gasteiger partial charge in [-0.3, -0.25) is 4.79 Å². The second-order valence-electron chi connectivity index (χ2n) is 5.00. The Balaban J connectivity index is 1.68. The maximum absolute atomic E-state index is 13.1. The fourth-order valence-corrected chi connectivity index (χ4v) is 2.31. The number of carbonyl (C=O) groups excluding carboxylic acids is 1. The Kier molecular flexibility index (Phi) is 4.67. The van der Waals surface area contributed by atoms with Crippen molar-refractivity contribution in [2.45, 2.75) is 6.42 Å². The molecule has 0 saturated carbocycles. The van der Waals surface area contributed by atoms with Crippen LogP contribution in [0, 0.1) is 5.82 Å². The van der Waals surface area contributed by atoms with Crippen molar-refractivity contribution in [2.75, 3.05) is 19.8 Å². The number of ether oxygens (including phenoxy) is 3. The average Bonchev–Trinajstić information content (AvgIpc) is 2.80. The molecular weight excluding hydrogens is 323 g/mol. The fraction of sp³-hybridized carbons (Fsp3) is 0.235. The van der Waals surface area contributed by atoms with Crippen LogP contribution in [0.15, 0.2) is 36.4 Å². The molecule has 0 spiro atoms. The molecule has 120 valence electrons. The maximum Gasteiger partial charge on any atom is 0.200 e. The number of Topliss-reactive ketones (excluding diaryl/α,β-unsaturated/α-hetero) is 1. The molecule has 0 bridgehead atoms. The lowest BCUT2D eigenvalue weighted by atomic mass is 10.1. The lowest BCUT2D eigenvalue weighted by molar-refractivity contribution is 0.0921. The van der Waals surface area contributed by atoms with Gasteiger partial charge in [0.1, 0.15) is 11.6 Å². The van der Waals surface area contributed by atoms with Crippen molar-refractivity contribution < 1.29 is 23.4 Å². The summed E-state index contributed by atoms with van der Waals surface area (Å²) in [5.74, 6) is 0.761. The van der Waals surface area contributed by atoms with E-state index in [-0.39, 0.29) is 17.4 Å². The minimum atomic E-state index is -0.534. The molecule has 23 heavy (non-hydrogen) atoms. The molecule has 1 aliphatic heterocycles. The van der Waals surface area contributed by atoms with Crippen LogP contribution < -0.4 is 14.2 Å². The topological polar surface area (TPSA) is 44.8 Å². The number of ketones is 1. The first-order chi connectivity index (χ1) is 11.1. The van der Waals surface area contributed by atoms with Gasteiger partial charge in [-0.1, -0.05) is 11.6 Å². The van der Waals surface area contributed by atoms with Crippen LogP contribution in [0.5, 0.6) is 17.2 Å². The van der Waals surface area contributed by atoms with Crippen molar-refractivity contribution in [2.24, 2.45) is 0 Å².